The molecule has 0 amide bonds. The molecule has 6 aliphatic rings. The maximum atomic E-state index is 12.2. The minimum atomic E-state index is -3.45. The van der Waals surface area contributed by atoms with Crippen LogP contribution in [0.2, 0.25) is 0 Å². The Hall–Kier alpha value is -1.97. The van der Waals surface area contributed by atoms with Crippen LogP contribution in [-0.2, 0) is 20.0 Å². The van der Waals surface area contributed by atoms with E-state index in [2.05, 4.69) is 20.6 Å². The Kier molecular flexibility index (Phi) is 3.52. The van der Waals surface area contributed by atoms with Gasteiger partial charge in [0.25, 0.3) is 0 Å². The Morgan fingerprint density at radius 1 is 1.19 bits per heavy atom. The summed E-state index contributed by atoms with van der Waals surface area (Å²) in [5, 5.41) is 5.05. The molecule has 2 N–H and O–H groups in total. The average Bonchev–Trinajstić information content (AvgIpc) is 3.19. The van der Waals surface area contributed by atoms with Crippen LogP contribution in [0.4, 0.5) is 5.82 Å². The third-order valence-corrected chi connectivity index (χ3v) is 9.62. The van der Waals surface area contributed by atoms with Gasteiger partial charge >= 0.3 is 0 Å². The van der Waals surface area contributed by atoms with E-state index in [1.165, 1.54) is 44.2 Å². The Labute approximate surface area is 181 Å². The van der Waals surface area contributed by atoms with Crippen molar-refractivity contribution < 1.29 is 13.2 Å². The fourth-order valence-corrected chi connectivity index (χ4v) is 7.59. The number of nitrogens with zero attached hydrogens (tertiary/aromatic N) is 4. The van der Waals surface area contributed by atoms with Crippen molar-refractivity contribution in [1.82, 2.24) is 19.7 Å². The molecule has 0 radical (unpaired) electrons. The van der Waals surface area contributed by atoms with E-state index in [9.17, 15) is 8.42 Å². The van der Waals surface area contributed by atoms with Crippen LogP contribution in [0, 0.1) is 11.8 Å². The Balaban J connectivity index is 1.30. The second kappa shape index (κ2) is 5.88. The smallest absolute Gasteiger partial charge is 0.179 e. The highest BCUT2D eigenvalue weighted by molar-refractivity contribution is 7.90. The van der Waals surface area contributed by atoms with Crippen LogP contribution >= 0.6 is 0 Å². The molecule has 4 atom stereocenters. The molecule has 2 bridgehead atoms. The predicted octanol–water partition coefficient (Wildman–Crippen LogP) is 1.63. The minimum Gasteiger partial charge on any atom is -0.383 e. The average molecular weight is 442 g/mol. The first-order valence-corrected chi connectivity index (χ1v) is 13.2. The van der Waals surface area contributed by atoms with Crippen molar-refractivity contribution in [2.45, 2.75) is 54.1 Å². The molecule has 8 nitrogen and oxygen atoms in total. The van der Waals surface area contributed by atoms with Gasteiger partial charge in [-0.05, 0) is 36.8 Å². The maximum Gasteiger partial charge on any atom is 0.179 e. The molecule has 0 spiro atoms. The second-order valence-electron chi connectivity index (χ2n) is 10.1. The van der Waals surface area contributed by atoms with E-state index >= 15 is 0 Å². The number of sulfone groups is 1. The number of hydrogen-bond donors (Lipinski definition) is 1. The number of ether oxygens (including phenoxy) is 1. The van der Waals surface area contributed by atoms with Crippen LogP contribution < -0.4 is 5.73 Å². The van der Waals surface area contributed by atoms with Gasteiger partial charge < -0.3 is 10.5 Å². The van der Waals surface area contributed by atoms with Gasteiger partial charge in [0.1, 0.15) is 10.7 Å². The summed E-state index contributed by atoms with van der Waals surface area (Å²) in [5.41, 5.74) is 8.99. The lowest BCUT2D eigenvalue weighted by atomic mass is 10.0. The summed E-state index contributed by atoms with van der Waals surface area (Å²) < 4.78 is 32.1. The lowest BCUT2D eigenvalue weighted by Gasteiger charge is -2.34. The molecule has 2 aromatic heterocycles. The van der Waals surface area contributed by atoms with Crippen LogP contribution in [0.15, 0.2) is 23.2 Å². The first kappa shape index (κ1) is 18.6. The van der Waals surface area contributed by atoms with Crippen molar-refractivity contribution in [3.63, 3.8) is 0 Å². The molecule has 3 saturated heterocycles. The monoisotopic (exact) mass is 441 g/mol. The third-order valence-electron chi connectivity index (χ3n) is 8.49. The zero-order valence-electron chi connectivity index (χ0n) is 17.6. The number of nitrogen functional groups attached to an aromatic ring is 1. The number of pyridine rings is 1. The molecule has 3 aliphatic heterocycles. The van der Waals surface area contributed by atoms with Crippen LogP contribution in [-0.4, -0.2) is 66.2 Å². The Morgan fingerprint density at radius 3 is 2.61 bits per heavy atom. The number of aromatic nitrogens is 3. The minimum absolute atomic E-state index is 0.0427. The molecule has 6 fully saturated rings. The van der Waals surface area contributed by atoms with Crippen LogP contribution in [0.25, 0.3) is 11.3 Å². The fourth-order valence-electron chi connectivity index (χ4n) is 6.82. The van der Waals surface area contributed by atoms with Gasteiger partial charge in [0, 0.05) is 41.7 Å². The molecule has 8 rings (SSSR count). The zero-order chi connectivity index (χ0) is 21.1. The lowest BCUT2D eigenvalue weighted by Crippen LogP contribution is -2.48. The number of rotatable bonds is 5. The summed E-state index contributed by atoms with van der Waals surface area (Å²) in [5.74, 6) is 1.54. The molecule has 1 unspecified atom stereocenters. The summed E-state index contributed by atoms with van der Waals surface area (Å²) in [6, 6.07) is 5.50. The molecule has 31 heavy (non-hydrogen) atoms. The summed E-state index contributed by atoms with van der Waals surface area (Å²) in [6.07, 6.45) is 7.64. The van der Waals surface area contributed by atoms with Gasteiger partial charge in [-0.3, -0.25) is 9.58 Å². The van der Waals surface area contributed by atoms with E-state index in [1.54, 1.807) is 12.3 Å². The van der Waals surface area contributed by atoms with E-state index < -0.39 is 9.84 Å². The Bertz CT molecular complexity index is 1190. The highest BCUT2D eigenvalue weighted by Crippen LogP contribution is 2.86. The SMILES string of the molecule is CS(=O)(=O)c1cc(-c2cc([C@]34C5[C@@H]3[C@@H]4CN5C3COC3)n(C3CCCC3)n2)cnc1N. The zero-order valence-corrected chi connectivity index (χ0v) is 18.4. The summed E-state index contributed by atoms with van der Waals surface area (Å²) in [7, 11) is -3.45. The molecule has 3 aliphatic carbocycles. The highest BCUT2D eigenvalue weighted by Gasteiger charge is 2.94. The maximum absolute atomic E-state index is 12.2. The van der Waals surface area contributed by atoms with Gasteiger partial charge in [0.2, 0.25) is 0 Å². The standard InChI is InChI=1S/C22H27N5O3S/c1-31(28,29)17-6-12(8-24-21(17)23)16-7-18(27(25-16)13-4-2-3-5-13)22-15-9-26(14-10-30-11-14)20(22)19(15)22/h6-8,13-15,19-20H,2-5,9-11H2,1H3,(H2,23,24)/t15-,19-,20?,22-/m0/s1. The summed E-state index contributed by atoms with van der Waals surface area (Å²) in [6.45, 7) is 2.91. The molecule has 5 heterocycles. The van der Waals surface area contributed by atoms with Crippen molar-refractivity contribution in [3.05, 3.63) is 24.0 Å². The Morgan fingerprint density at radius 2 is 1.97 bits per heavy atom. The van der Waals surface area contributed by atoms with E-state index in [-0.39, 0.29) is 16.1 Å². The number of anilines is 1. The van der Waals surface area contributed by atoms with Crippen molar-refractivity contribution in [3.8, 4) is 11.3 Å². The first-order valence-electron chi connectivity index (χ1n) is 11.3. The van der Waals surface area contributed by atoms with Crippen molar-refractivity contribution in [2.75, 3.05) is 31.7 Å². The second-order valence-corrected chi connectivity index (χ2v) is 12.1. The van der Waals surface area contributed by atoms with Gasteiger partial charge in [-0.1, -0.05) is 12.8 Å². The highest BCUT2D eigenvalue weighted by atomic mass is 32.2. The predicted molar refractivity (Wildman–Crippen MR) is 114 cm³/mol. The molecule has 164 valence electrons. The van der Waals surface area contributed by atoms with Gasteiger partial charge in [-0.15, -0.1) is 0 Å². The molecular formula is C22H27N5O3S. The van der Waals surface area contributed by atoms with E-state index in [0.29, 0.717) is 18.1 Å². The number of fused-ring (bicyclic) bond motifs is 1. The van der Waals surface area contributed by atoms with Crippen molar-refractivity contribution in [1.29, 1.82) is 0 Å². The number of nitrogens with two attached hydrogens (primary N) is 1. The fraction of sp³-hybridized carbons (Fsp3) is 0.636. The van der Waals surface area contributed by atoms with Gasteiger partial charge in [0.05, 0.1) is 31.0 Å². The van der Waals surface area contributed by atoms with Crippen LogP contribution in [0.1, 0.15) is 37.4 Å². The van der Waals surface area contributed by atoms with Crippen molar-refractivity contribution >= 4 is 15.7 Å². The molecule has 2 aromatic rings. The van der Waals surface area contributed by atoms with Gasteiger partial charge in [-0.2, -0.15) is 5.10 Å². The third kappa shape index (κ3) is 2.34. The van der Waals surface area contributed by atoms with Gasteiger partial charge in [0.15, 0.2) is 9.84 Å². The van der Waals surface area contributed by atoms with Crippen molar-refractivity contribution in [2.24, 2.45) is 11.8 Å². The largest absolute Gasteiger partial charge is 0.383 e. The normalized spacial score (nSPS) is 34.7. The number of piperidine rings is 1. The summed E-state index contributed by atoms with van der Waals surface area (Å²) in [4.78, 5) is 6.92. The molecular weight excluding hydrogens is 414 g/mol. The van der Waals surface area contributed by atoms with Crippen LogP contribution in [0.3, 0.4) is 0 Å². The lowest BCUT2D eigenvalue weighted by molar-refractivity contribution is -0.0601. The molecule has 9 heteroatoms. The van der Waals surface area contributed by atoms with E-state index in [1.807, 2.05) is 0 Å². The topological polar surface area (TPSA) is 103 Å². The van der Waals surface area contributed by atoms with Gasteiger partial charge in [-0.25, -0.2) is 13.4 Å². The quantitative estimate of drug-likeness (QED) is 0.752. The molecule has 3 saturated carbocycles. The van der Waals surface area contributed by atoms with E-state index in [4.69, 9.17) is 15.6 Å². The first-order chi connectivity index (χ1) is 14.9. The van der Waals surface area contributed by atoms with Crippen LogP contribution in [0.5, 0.6) is 0 Å². The number of hydrogen-bond acceptors (Lipinski definition) is 7. The summed E-state index contributed by atoms with van der Waals surface area (Å²) >= 11 is 0. The molecule has 0 aromatic carbocycles. The van der Waals surface area contributed by atoms with E-state index in [0.717, 1.165) is 36.3 Å².